The van der Waals surface area contributed by atoms with Crippen molar-refractivity contribution in [3.05, 3.63) is 45.8 Å². The fraction of sp³-hybridized carbons (Fsp3) is 0.478. The molecule has 1 aromatic heterocycles. The SMILES string of the molecule is COC(=O)c1c(NC(=O)c2ccc(OCCO)cc2)sc2c1CCC(C(C)(C)C)C2. The van der Waals surface area contributed by atoms with Crippen LogP contribution in [0.1, 0.15) is 58.3 Å². The predicted molar refractivity (Wildman–Crippen MR) is 118 cm³/mol. The van der Waals surface area contributed by atoms with E-state index in [2.05, 4.69) is 26.1 Å². The molecule has 7 heteroatoms. The molecule has 0 bridgehead atoms. The van der Waals surface area contributed by atoms with Gasteiger partial charge in [0.25, 0.3) is 5.91 Å². The molecule has 1 aliphatic rings. The molecule has 0 fully saturated rings. The number of methoxy groups -OCH3 is 1. The summed E-state index contributed by atoms with van der Waals surface area (Å²) in [7, 11) is 1.36. The maximum atomic E-state index is 12.8. The molecule has 1 amide bonds. The molecular weight excluding hydrogens is 402 g/mol. The summed E-state index contributed by atoms with van der Waals surface area (Å²) in [4.78, 5) is 26.5. The topological polar surface area (TPSA) is 84.9 Å². The molecule has 162 valence electrons. The standard InChI is InChI=1S/C23H29NO5S/c1-23(2,3)15-7-10-17-18(13-15)30-21(19(17)22(27)28-4)24-20(26)14-5-8-16(9-6-14)29-12-11-25/h5-6,8-9,15,25H,7,10-13H2,1-4H3,(H,24,26). The minimum absolute atomic E-state index is 0.0718. The molecular formula is C23H29NO5S. The van der Waals surface area contributed by atoms with Crippen molar-refractivity contribution in [3.8, 4) is 5.75 Å². The number of amides is 1. The minimum atomic E-state index is -0.412. The largest absolute Gasteiger partial charge is 0.491 e. The molecule has 0 saturated carbocycles. The van der Waals surface area contributed by atoms with E-state index in [0.717, 1.165) is 29.7 Å². The Labute approximate surface area is 181 Å². The number of fused-ring (bicyclic) bond motifs is 1. The molecule has 30 heavy (non-hydrogen) atoms. The Bertz CT molecular complexity index is 911. The third kappa shape index (κ3) is 4.84. The number of hydrogen-bond donors (Lipinski definition) is 2. The average molecular weight is 432 g/mol. The lowest BCUT2D eigenvalue weighted by molar-refractivity contribution is 0.0600. The summed E-state index contributed by atoms with van der Waals surface area (Å²) in [5.74, 6) is 0.407. The molecule has 0 radical (unpaired) electrons. The van der Waals surface area contributed by atoms with E-state index in [1.54, 1.807) is 24.3 Å². The molecule has 6 nitrogen and oxygen atoms in total. The zero-order chi connectivity index (χ0) is 21.9. The van der Waals surface area contributed by atoms with Gasteiger partial charge in [-0.15, -0.1) is 11.3 Å². The van der Waals surface area contributed by atoms with Crippen molar-refractivity contribution in [2.45, 2.75) is 40.0 Å². The van der Waals surface area contributed by atoms with Crippen LogP contribution in [0, 0.1) is 11.3 Å². The Kier molecular flexibility index (Phi) is 6.83. The highest BCUT2D eigenvalue weighted by molar-refractivity contribution is 7.17. The molecule has 0 aliphatic heterocycles. The first kappa shape index (κ1) is 22.3. The summed E-state index contributed by atoms with van der Waals surface area (Å²) in [6, 6.07) is 6.67. The van der Waals surface area contributed by atoms with E-state index in [9.17, 15) is 9.59 Å². The second-order valence-electron chi connectivity index (χ2n) is 8.56. The zero-order valence-corrected chi connectivity index (χ0v) is 18.7. The van der Waals surface area contributed by atoms with E-state index in [1.165, 1.54) is 18.4 Å². The molecule has 3 rings (SSSR count). The van der Waals surface area contributed by atoms with Crippen LogP contribution in [-0.4, -0.2) is 37.3 Å². The average Bonchev–Trinajstić information content (AvgIpc) is 3.08. The fourth-order valence-electron chi connectivity index (χ4n) is 3.77. The molecule has 2 N–H and O–H groups in total. The van der Waals surface area contributed by atoms with Gasteiger partial charge in [-0.1, -0.05) is 20.8 Å². The summed E-state index contributed by atoms with van der Waals surface area (Å²) in [5, 5.41) is 12.3. The van der Waals surface area contributed by atoms with Crippen LogP contribution in [0.2, 0.25) is 0 Å². The van der Waals surface area contributed by atoms with Crippen LogP contribution in [0.15, 0.2) is 24.3 Å². The lowest BCUT2D eigenvalue weighted by Gasteiger charge is -2.33. The predicted octanol–water partition coefficient (Wildman–Crippen LogP) is 4.31. The van der Waals surface area contributed by atoms with Crippen LogP contribution in [-0.2, 0) is 17.6 Å². The first-order chi connectivity index (χ1) is 14.2. The Balaban J connectivity index is 1.84. The first-order valence-electron chi connectivity index (χ1n) is 10.1. The van der Waals surface area contributed by atoms with Gasteiger partial charge in [0.15, 0.2) is 0 Å². The summed E-state index contributed by atoms with van der Waals surface area (Å²) < 4.78 is 10.3. The molecule has 1 heterocycles. The van der Waals surface area contributed by atoms with Crippen molar-refractivity contribution in [2.24, 2.45) is 11.3 Å². The van der Waals surface area contributed by atoms with E-state index >= 15 is 0 Å². The van der Waals surface area contributed by atoms with Crippen LogP contribution in [0.4, 0.5) is 5.00 Å². The van der Waals surface area contributed by atoms with Crippen molar-refractivity contribution in [2.75, 3.05) is 25.6 Å². The molecule has 1 aromatic carbocycles. The molecule has 0 spiro atoms. The number of aliphatic hydroxyl groups is 1. The van der Waals surface area contributed by atoms with Gasteiger partial charge in [-0.05, 0) is 60.4 Å². The fourth-order valence-corrected chi connectivity index (χ4v) is 5.08. The number of hydrogen-bond acceptors (Lipinski definition) is 6. The Morgan fingerprint density at radius 3 is 2.53 bits per heavy atom. The summed E-state index contributed by atoms with van der Waals surface area (Å²) in [6.45, 7) is 6.86. The monoisotopic (exact) mass is 431 g/mol. The Hall–Kier alpha value is -2.38. The second kappa shape index (κ2) is 9.18. The van der Waals surface area contributed by atoms with Gasteiger partial charge >= 0.3 is 5.97 Å². The maximum absolute atomic E-state index is 12.8. The number of nitrogens with one attached hydrogen (secondary N) is 1. The van der Waals surface area contributed by atoms with Crippen LogP contribution in [0.25, 0.3) is 0 Å². The Morgan fingerprint density at radius 1 is 1.23 bits per heavy atom. The number of anilines is 1. The highest BCUT2D eigenvalue weighted by Gasteiger charge is 2.34. The molecule has 1 aliphatic carbocycles. The third-order valence-electron chi connectivity index (χ3n) is 5.58. The first-order valence-corrected chi connectivity index (χ1v) is 10.9. The lowest BCUT2D eigenvalue weighted by atomic mass is 9.72. The molecule has 1 unspecified atom stereocenters. The second-order valence-corrected chi connectivity index (χ2v) is 9.66. The van der Waals surface area contributed by atoms with Crippen LogP contribution >= 0.6 is 11.3 Å². The summed E-state index contributed by atoms with van der Waals surface area (Å²) in [6.07, 6.45) is 2.73. The number of rotatable bonds is 6. The maximum Gasteiger partial charge on any atom is 0.341 e. The van der Waals surface area contributed by atoms with Crippen LogP contribution in [0.3, 0.4) is 0 Å². The number of carbonyl (C=O) groups excluding carboxylic acids is 2. The van der Waals surface area contributed by atoms with Gasteiger partial charge in [0.2, 0.25) is 0 Å². The van der Waals surface area contributed by atoms with Crippen LogP contribution < -0.4 is 10.1 Å². The van der Waals surface area contributed by atoms with Gasteiger partial charge in [0, 0.05) is 10.4 Å². The van der Waals surface area contributed by atoms with E-state index in [4.69, 9.17) is 14.6 Å². The third-order valence-corrected chi connectivity index (χ3v) is 6.75. The van der Waals surface area contributed by atoms with Crippen molar-refractivity contribution in [1.82, 2.24) is 0 Å². The molecule has 1 atom stereocenters. The van der Waals surface area contributed by atoms with Crippen molar-refractivity contribution < 1.29 is 24.2 Å². The van der Waals surface area contributed by atoms with Crippen LogP contribution in [0.5, 0.6) is 5.75 Å². The number of thiophene rings is 1. The van der Waals surface area contributed by atoms with Gasteiger partial charge in [-0.2, -0.15) is 0 Å². The number of esters is 1. The number of ether oxygens (including phenoxy) is 2. The quantitative estimate of drug-likeness (QED) is 0.666. The van der Waals surface area contributed by atoms with E-state index in [1.807, 2.05) is 0 Å². The van der Waals surface area contributed by atoms with Crippen molar-refractivity contribution in [1.29, 1.82) is 0 Å². The van der Waals surface area contributed by atoms with Crippen molar-refractivity contribution in [3.63, 3.8) is 0 Å². The minimum Gasteiger partial charge on any atom is -0.491 e. The highest BCUT2D eigenvalue weighted by atomic mass is 32.1. The number of carbonyl (C=O) groups is 2. The number of aliphatic hydroxyl groups excluding tert-OH is 1. The van der Waals surface area contributed by atoms with Gasteiger partial charge in [0.1, 0.15) is 17.4 Å². The van der Waals surface area contributed by atoms with E-state index in [0.29, 0.717) is 27.8 Å². The summed E-state index contributed by atoms with van der Waals surface area (Å²) in [5.41, 5.74) is 2.15. The smallest absolute Gasteiger partial charge is 0.341 e. The van der Waals surface area contributed by atoms with Crippen molar-refractivity contribution >= 4 is 28.2 Å². The van der Waals surface area contributed by atoms with Gasteiger partial charge in [0.05, 0.1) is 19.3 Å². The van der Waals surface area contributed by atoms with E-state index < -0.39 is 5.97 Å². The highest BCUT2D eigenvalue weighted by Crippen LogP contribution is 2.44. The van der Waals surface area contributed by atoms with Gasteiger partial charge < -0.3 is 19.9 Å². The lowest BCUT2D eigenvalue weighted by Crippen LogP contribution is -2.26. The Morgan fingerprint density at radius 2 is 1.93 bits per heavy atom. The normalized spacial score (nSPS) is 16.0. The van der Waals surface area contributed by atoms with Gasteiger partial charge in [-0.3, -0.25) is 4.79 Å². The molecule has 2 aromatic rings. The van der Waals surface area contributed by atoms with E-state index in [-0.39, 0.29) is 24.5 Å². The number of benzene rings is 1. The van der Waals surface area contributed by atoms with Gasteiger partial charge in [-0.25, -0.2) is 4.79 Å². The zero-order valence-electron chi connectivity index (χ0n) is 17.9. The molecule has 0 saturated heterocycles. The summed E-state index contributed by atoms with van der Waals surface area (Å²) >= 11 is 1.48.